The molecular weight excluding hydrogens is 448 g/mol. The summed E-state index contributed by atoms with van der Waals surface area (Å²) in [6, 6.07) is 25.3. The van der Waals surface area contributed by atoms with Gasteiger partial charge in [-0.3, -0.25) is 4.79 Å². The van der Waals surface area contributed by atoms with Gasteiger partial charge in [0, 0.05) is 23.1 Å². The predicted molar refractivity (Wildman–Crippen MR) is 135 cm³/mol. The van der Waals surface area contributed by atoms with Crippen LogP contribution in [0.25, 0.3) is 5.69 Å². The van der Waals surface area contributed by atoms with Crippen LogP contribution >= 0.6 is 11.8 Å². The molecule has 0 bridgehead atoms. The second-order valence-corrected chi connectivity index (χ2v) is 8.67. The molecule has 1 heterocycles. The van der Waals surface area contributed by atoms with Crippen LogP contribution in [-0.2, 0) is 4.79 Å². The first-order valence-electron chi connectivity index (χ1n) is 10.9. The van der Waals surface area contributed by atoms with Crippen LogP contribution in [0, 0.1) is 0 Å². The number of para-hydroxylation sites is 3. The molecule has 0 saturated heterocycles. The van der Waals surface area contributed by atoms with Crippen molar-refractivity contribution in [3.05, 3.63) is 78.9 Å². The van der Waals surface area contributed by atoms with Gasteiger partial charge in [-0.05, 0) is 72.8 Å². The van der Waals surface area contributed by atoms with Gasteiger partial charge in [0.25, 0.3) is 0 Å². The van der Waals surface area contributed by atoms with Crippen molar-refractivity contribution in [2.45, 2.75) is 25.0 Å². The van der Waals surface area contributed by atoms with Gasteiger partial charge in [-0.1, -0.05) is 42.1 Å². The molecule has 3 aromatic carbocycles. The summed E-state index contributed by atoms with van der Waals surface area (Å²) >= 11 is 1.29. The standard InChI is InChI=1S/C25H26N6O2S/c1-18(2)30(21-15-13-20(14-16-21)26-19-9-5-4-6-10-19)24(32)17-34-25-27-28-29-31(25)22-11-7-8-12-23(22)33-3/h4-16,18,26H,17H2,1-3H3. The summed E-state index contributed by atoms with van der Waals surface area (Å²) in [6.07, 6.45) is 0. The number of benzene rings is 3. The van der Waals surface area contributed by atoms with Crippen molar-refractivity contribution in [3.8, 4) is 11.4 Å². The molecule has 0 saturated carbocycles. The van der Waals surface area contributed by atoms with E-state index in [0.29, 0.717) is 16.6 Å². The Morgan fingerprint density at radius 3 is 2.38 bits per heavy atom. The Balaban J connectivity index is 1.46. The van der Waals surface area contributed by atoms with Crippen LogP contribution in [0.3, 0.4) is 0 Å². The number of hydrogen-bond acceptors (Lipinski definition) is 7. The van der Waals surface area contributed by atoms with Gasteiger partial charge >= 0.3 is 0 Å². The molecule has 34 heavy (non-hydrogen) atoms. The Morgan fingerprint density at radius 2 is 1.68 bits per heavy atom. The Labute approximate surface area is 202 Å². The Morgan fingerprint density at radius 1 is 1.00 bits per heavy atom. The zero-order valence-electron chi connectivity index (χ0n) is 19.3. The normalized spacial score (nSPS) is 10.8. The predicted octanol–water partition coefficient (Wildman–Crippen LogP) is 4.95. The third-order valence-corrected chi connectivity index (χ3v) is 5.98. The number of ether oxygens (including phenoxy) is 1. The lowest BCUT2D eigenvalue weighted by atomic mass is 10.2. The second-order valence-electron chi connectivity index (χ2n) is 7.73. The van der Waals surface area contributed by atoms with Gasteiger partial charge in [0.1, 0.15) is 11.4 Å². The van der Waals surface area contributed by atoms with Crippen molar-refractivity contribution in [2.24, 2.45) is 0 Å². The number of thioether (sulfide) groups is 1. The number of rotatable bonds is 9. The van der Waals surface area contributed by atoms with Crippen LogP contribution in [-0.4, -0.2) is 45.0 Å². The van der Waals surface area contributed by atoms with Crippen molar-refractivity contribution in [1.29, 1.82) is 0 Å². The van der Waals surface area contributed by atoms with E-state index in [1.807, 2.05) is 92.7 Å². The molecule has 1 N–H and O–H groups in total. The molecule has 9 heteroatoms. The van der Waals surface area contributed by atoms with E-state index in [1.54, 1.807) is 16.7 Å². The molecule has 4 rings (SSSR count). The van der Waals surface area contributed by atoms with Gasteiger partial charge < -0.3 is 15.0 Å². The highest BCUT2D eigenvalue weighted by atomic mass is 32.2. The third-order valence-electron chi connectivity index (χ3n) is 5.07. The molecule has 0 aliphatic rings. The summed E-state index contributed by atoms with van der Waals surface area (Å²) in [5.74, 6) is 0.812. The molecule has 1 amide bonds. The number of anilines is 3. The van der Waals surface area contributed by atoms with E-state index in [0.717, 1.165) is 17.1 Å². The van der Waals surface area contributed by atoms with Gasteiger partial charge in [-0.25, -0.2) is 0 Å². The number of methoxy groups -OCH3 is 1. The number of aromatic nitrogens is 4. The number of tetrazole rings is 1. The van der Waals surface area contributed by atoms with Gasteiger partial charge in [0.15, 0.2) is 0 Å². The zero-order chi connectivity index (χ0) is 23.9. The van der Waals surface area contributed by atoms with Crippen molar-refractivity contribution >= 4 is 34.7 Å². The average Bonchev–Trinajstić information content (AvgIpc) is 3.33. The first kappa shape index (κ1) is 23.3. The fourth-order valence-electron chi connectivity index (χ4n) is 3.54. The lowest BCUT2D eigenvalue weighted by molar-refractivity contribution is -0.116. The van der Waals surface area contributed by atoms with Crippen LogP contribution in [0.5, 0.6) is 5.75 Å². The minimum absolute atomic E-state index is 0.00811. The number of amides is 1. The molecule has 0 aliphatic carbocycles. The number of nitrogens with zero attached hydrogens (tertiary/aromatic N) is 5. The minimum Gasteiger partial charge on any atom is -0.494 e. The maximum atomic E-state index is 13.2. The fraction of sp³-hybridized carbons (Fsp3) is 0.200. The van der Waals surface area contributed by atoms with Gasteiger partial charge in [0.2, 0.25) is 11.1 Å². The molecule has 0 spiro atoms. The Hall–Kier alpha value is -3.85. The van der Waals surface area contributed by atoms with Crippen LogP contribution in [0.15, 0.2) is 84.0 Å². The summed E-state index contributed by atoms with van der Waals surface area (Å²) in [5, 5.41) is 15.8. The number of nitrogens with one attached hydrogen (secondary N) is 1. The number of carbonyl (C=O) groups is 1. The largest absolute Gasteiger partial charge is 0.494 e. The van der Waals surface area contributed by atoms with Crippen molar-refractivity contribution < 1.29 is 9.53 Å². The Bertz CT molecular complexity index is 1230. The molecule has 1 aromatic heterocycles. The SMILES string of the molecule is COc1ccccc1-n1nnnc1SCC(=O)N(c1ccc(Nc2ccccc2)cc1)C(C)C. The van der Waals surface area contributed by atoms with Gasteiger partial charge in [-0.2, -0.15) is 4.68 Å². The summed E-state index contributed by atoms with van der Waals surface area (Å²) in [4.78, 5) is 15.0. The lowest BCUT2D eigenvalue weighted by Gasteiger charge is -2.27. The van der Waals surface area contributed by atoms with E-state index >= 15 is 0 Å². The van der Waals surface area contributed by atoms with Crippen molar-refractivity contribution in [2.75, 3.05) is 23.1 Å². The molecule has 4 aromatic rings. The van der Waals surface area contributed by atoms with Crippen LogP contribution < -0.4 is 15.0 Å². The maximum Gasteiger partial charge on any atom is 0.237 e. The Kier molecular flexibility index (Phi) is 7.44. The molecule has 0 fully saturated rings. The summed E-state index contributed by atoms with van der Waals surface area (Å²) in [6.45, 7) is 4.00. The monoisotopic (exact) mass is 474 g/mol. The highest BCUT2D eigenvalue weighted by molar-refractivity contribution is 7.99. The smallest absolute Gasteiger partial charge is 0.237 e. The van der Waals surface area contributed by atoms with Crippen LogP contribution in [0.4, 0.5) is 17.1 Å². The summed E-state index contributed by atoms with van der Waals surface area (Å²) in [7, 11) is 1.60. The summed E-state index contributed by atoms with van der Waals surface area (Å²) in [5.41, 5.74) is 3.52. The zero-order valence-corrected chi connectivity index (χ0v) is 20.1. The topological polar surface area (TPSA) is 85.2 Å². The van der Waals surface area contributed by atoms with Crippen LogP contribution in [0.2, 0.25) is 0 Å². The molecule has 0 atom stereocenters. The molecule has 0 unspecified atom stereocenters. The molecular formula is C25H26N6O2S. The highest BCUT2D eigenvalue weighted by Gasteiger charge is 2.21. The molecule has 8 nitrogen and oxygen atoms in total. The second kappa shape index (κ2) is 10.8. The van der Waals surface area contributed by atoms with Crippen molar-refractivity contribution in [3.63, 3.8) is 0 Å². The van der Waals surface area contributed by atoms with E-state index in [2.05, 4.69) is 20.8 Å². The maximum absolute atomic E-state index is 13.2. The van der Waals surface area contributed by atoms with E-state index in [-0.39, 0.29) is 17.7 Å². The lowest BCUT2D eigenvalue weighted by Crippen LogP contribution is -2.38. The third kappa shape index (κ3) is 5.37. The van der Waals surface area contributed by atoms with Gasteiger partial charge in [0.05, 0.1) is 12.9 Å². The number of carbonyl (C=O) groups excluding carboxylic acids is 1. The van der Waals surface area contributed by atoms with E-state index in [9.17, 15) is 4.79 Å². The molecule has 0 aliphatic heterocycles. The van der Waals surface area contributed by atoms with Crippen molar-refractivity contribution in [1.82, 2.24) is 20.2 Å². The van der Waals surface area contributed by atoms with Gasteiger partial charge in [-0.15, -0.1) is 5.10 Å². The summed E-state index contributed by atoms with van der Waals surface area (Å²) < 4.78 is 7.00. The molecule has 0 radical (unpaired) electrons. The fourth-order valence-corrected chi connectivity index (χ4v) is 4.29. The molecule has 174 valence electrons. The van der Waals surface area contributed by atoms with Crippen LogP contribution in [0.1, 0.15) is 13.8 Å². The quantitative estimate of drug-likeness (QED) is 0.344. The first-order valence-corrected chi connectivity index (χ1v) is 11.8. The minimum atomic E-state index is -0.0293. The van der Waals surface area contributed by atoms with E-state index in [1.165, 1.54) is 11.8 Å². The number of hydrogen-bond donors (Lipinski definition) is 1. The first-order chi connectivity index (χ1) is 16.6. The highest BCUT2D eigenvalue weighted by Crippen LogP contribution is 2.27. The van der Waals surface area contributed by atoms with E-state index < -0.39 is 0 Å². The average molecular weight is 475 g/mol. The van der Waals surface area contributed by atoms with E-state index in [4.69, 9.17) is 4.74 Å².